The van der Waals surface area contributed by atoms with Gasteiger partial charge >= 0.3 is 17.9 Å². The molecule has 0 saturated heterocycles. The number of carboxylic acids is 1. The molecule has 6 N–H and O–H groups in total. The van der Waals surface area contributed by atoms with Gasteiger partial charge in [0.1, 0.15) is 12.1 Å². The van der Waals surface area contributed by atoms with E-state index in [-0.39, 0.29) is 19.3 Å². The molecule has 1 unspecified atom stereocenters. The summed E-state index contributed by atoms with van der Waals surface area (Å²) in [7, 11) is 0. The maximum atomic E-state index is 11.5. The van der Waals surface area contributed by atoms with Crippen molar-refractivity contribution in [2.45, 2.75) is 31.3 Å². The van der Waals surface area contributed by atoms with Gasteiger partial charge in [-0.3, -0.25) is 4.79 Å². The first kappa shape index (κ1) is 16.6. The minimum atomic E-state index is -1.20. The molecule has 0 radical (unpaired) electrons. The first-order valence-electron chi connectivity index (χ1n) is 6.02. The van der Waals surface area contributed by atoms with Crippen LogP contribution in [0, 0.1) is 0 Å². The Hall–Kier alpha value is -2.46. The number of nitrogens with one attached hydrogen (secondary N) is 1. The summed E-state index contributed by atoms with van der Waals surface area (Å²) in [6.45, 7) is 0. The number of carbonyl (C=O) groups excluding carboxylic acids is 2. The molecule has 10 heteroatoms. The number of nitrogens with two attached hydrogens (primary N) is 2. The fourth-order valence-corrected chi connectivity index (χ4v) is 1.32. The van der Waals surface area contributed by atoms with E-state index >= 15 is 0 Å². The van der Waals surface area contributed by atoms with Crippen LogP contribution in [-0.2, 0) is 30.6 Å². The van der Waals surface area contributed by atoms with E-state index in [0.717, 1.165) is 0 Å². The van der Waals surface area contributed by atoms with E-state index in [1.54, 1.807) is 0 Å². The standard InChI is InChI=1S/C11H16N4O6/c12-7(1-2-9(16)17)10(18)20-21-11(19)8(13)3-6-4-14-5-15-6/h4-5,7-8H,1-3,12-13H2,(H,14,15)(H,16,17)/t7-,8?/m1/s1. The molecule has 21 heavy (non-hydrogen) atoms. The third kappa shape index (κ3) is 6.01. The van der Waals surface area contributed by atoms with Gasteiger partial charge in [0.25, 0.3) is 0 Å². The van der Waals surface area contributed by atoms with Crippen molar-refractivity contribution in [3.63, 3.8) is 0 Å². The van der Waals surface area contributed by atoms with Crippen molar-refractivity contribution in [2.75, 3.05) is 0 Å². The largest absolute Gasteiger partial charge is 0.481 e. The molecule has 0 saturated carbocycles. The Bertz CT molecular complexity index is 489. The molecule has 1 aromatic rings. The van der Waals surface area contributed by atoms with Crippen LogP contribution in [0.1, 0.15) is 18.5 Å². The fourth-order valence-electron chi connectivity index (χ4n) is 1.32. The second-order valence-corrected chi connectivity index (χ2v) is 4.23. The topological polar surface area (TPSA) is 171 Å². The second kappa shape index (κ2) is 7.97. The van der Waals surface area contributed by atoms with E-state index in [9.17, 15) is 14.4 Å². The van der Waals surface area contributed by atoms with E-state index in [2.05, 4.69) is 19.7 Å². The lowest BCUT2D eigenvalue weighted by Gasteiger charge is -2.11. The molecule has 1 heterocycles. The molecule has 0 aliphatic heterocycles. The Morgan fingerprint density at radius 2 is 1.86 bits per heavy atom. The molecule has 0 amide bonds. The average molecular weight is 300 g/mol. The van der Waals surface area contributed by atoms with E-state index in [0.29, 0.717) is 5.69 Å². The van der Waals surface area contributed by atoms with E-state index < -0.39 is 30.0 Å². The molecule has 0 aromatic carbocycles. The summed E-state index contributed by atoms with van der Waals surface area (Å²) < 4.78 is 0. The number of imidazole rings is 1. The third-order valence-corrected chi connectivity index (χ3v) is 2.48. The molecule has 0 aliphatic rings. The molecule has 1 rings (SSSR count). The van der Waals surface area contributed by atoms with E-state index in [4.69, 9.17) is 16.6 Å². The van der Waals surface area contributed by atoms with Gasteiger partial charge < -0.3 is 21.6 Å². The van der Waals surface area contributed by atoms with Crippen LogP contribution in [0.2, 0.25) is 0 Å². The Morgan fingerprint density at radius 1 is 1.24 bits per heavy atom. The lowest BCUT2D eigenvalue weighted by molar-refractivity contribution is -0.261. The Balaban J connectivity index is 2.31. The number of H-pyrrole nitrogens is 1. The monoisotopic (exact) mass is 300 g/mol. The average Bonchev–Trinajstić information content (AvgIpc) is 2.94. The van der Waals surface area contributed by atoms with Crippen LogP contribution in [0.5, 0.6) is 0 Å². The summed E-state index contributed by atoms with van der Waals surface area (Å²) in [4.78, 5) is 48.1. The van der Waals surface area contributed by atoms with Crippen molar-refractivity contribution in [1.82, 2.24) is 9.97 Å². The molecule has 0 aliphatic carbocycles. The summed E-state index contributed by atoms with van der Waals surface area (Å²) in [5.74, 6) is -3.10. The van der Waals surface area contributed by atoms with Gasteiger partial charge in [0.2, 0.25) is 0 Å². The molecular formula is C11H16N4O6. The number of nitrogens with zero attached hydrogens (tertiary/aromatic N) is 1. The highest BCUT2D eigenvalue weighted by Gasteiger charge is 2.22. The summed E-state index contributed by atoms with van der Waals surface area (Å²) >= 11 is 0. The van der Waals surface area contributed by atoms with Gasteiger partial charge in [-0.15, -0.1) is 0 Å². The zero-order chi connectivity index (χ0) is 15.8. The van der Waals surface area contributed by atoms with Crippen molar-refractivity contribution >= 4 is 17.9 Å². The minimum Gasteiger partial charge on any atom is -0.481 e. The summed E-state index contributed by atoms with van der Waals surface area (Å²) in [6.07, 6.45) is 2.60. The van der Waals surface area contributed by atoms with Crippen LogP contribution in [-0.4, -0.2) is 45.1 Å². The van der Waals surface area contributed by atoms with Crippen LogP contribution >= 0.6 is 0 Å². The molecule has 0 bridgehead atoms. The van der Waals surface area contributed by atoms with Crippen molar-refractivity contribution in [2.24, 2.45) is 11.5 Å². The van der Waals surface area contributed by atoms with Gasteiger partial charge in [-0.2, -0.15) is 0 Å². The molecule has 0 spiro atoms. The number of aromatic nitrogens is 2. The van der Waals surface area contributed by atoms with E-state index in [1.807, 2.05) is 0 Å². The quantitative estimate of drug-likeness (QED) is 0.344. The molecule has 116 valence electrons. The summed E-state index contributed by atoms with van der Waals surface area (Å²) in [5.41, 5.74) is 11.5. The van der Waals surface area contributed by atoms with Crippen LogP contribution in [0.15, 0.2) is 12.5 Å². The molecule has 2 atom stereocenters. The number of carboxylic acid groups (broad SMARTS) is 1. The lowest BCUT2D eigenvalue weighted by Crippen LogP contribution is -2.38. The van der Waals surface area contributed by atoms with Crippen LogP contribution < -0.4 is 11.5 Å². The molecular weight excluding hydrogens is 284 g/mol. The van der Waals surface area contributed by atoms with Crippen molar-refractivity contribution in [3.8, 4) is 0 Å². The van der Waals surface area contributed by atoms with Gasteiger partial charge in [-0.1, -0.05) is 0 Å². The predicted octanol–water partition coefficient (Wildman–Crippen LogP) is -1.53. The van der Waals surface area contributed by atoms with Crippen LogP contribution in [0.3, 0.4) is 0 Å². The Morgan fingerprint density at radius 3 is 2.38 bits per heavy atom. The normalized spacial score (nSPS) is 13.2. The van der Waals surface area contributed by atoms with Crippen LogP contribution in [0.25, 0.3) is 0 Å². The minimum absolute atomic E-state index is 0.126. The lowest BCUT2D eigenvalue weighted by atomic mass is 10.2. The van der Waals surface area contributed by atoms with Gasteiger partial charge in [-0.25, -0.2) is 24.3 Å². The maximum absolute atomic E-state index is 11.5. The highest BCUT2D eigenvalue weighted by atomic mass is 17.2. The van der Waals surface area contributed by atoms with Crippen LogP contribution in [0.4, 0.5) is 0 Å². The van der Waals surface area contributed by atoms with Gasteiger partial charge in [0.05, 0.1) is 6.33 Å². The number of aliphatic carboxylic acids is 1. The maximum Gasteiger partial charge on any atom is 0.372 e. The predicted molar refractivity (Wildman–Crippen MR) is 67.3 cm³/mol. The van der Waals surface area contributed by atoms with Gasteiger partial charge in [0, 0.05) is 24.7 Å². The Kier molecular flexibility index (Phi) is 6.30. The second-order valence-electron chi connectivity index (χ2n) is 4.23. The highest BCUT2D eigenvalue weighted by Crippen LogP contribution is 2.01. The van der Waals surface area contributed by atoms with Crippen molar-refractivity contribution < 1.29 is 29.3 Å². The van der Waals surface area contributed by atoms with E-state index in [1.165, 1.54) is 12.5 Å². The number of hydrogen-bond donors (Lipinski definition) is 4. The third-order valence-electron chi connectivity index (χ3n) is 2.48. The highest BCUT2D eigenvalue weighted by molar-refractivity contribution is 5.79. The molecule has 0 fully saturated rings. The SMILES string of the molecule is NC(Cc1cnc[nH]1)C(=O)OOC(=O)[C@H](N)CCC(=O)O. The van der Waals surface area contributed by atoms with Gasteiger partial charge in [-0.05, 0) is 6.42 Å². The Labute approximate surface area is 119 Å². The number of rotatable bonds is 7. The fraction of sp³-hybridized carbons (Fsp3) is 0.455. The first-order valence-corrected chi connectivity index (χ1v) is 6.02. The van der Waals surface area contributed by atoms with Gasteiger partial charge in [0.15, 0.2) is 0 Å². The molecule has 10 nitrogen and oxygen atoms in total. The van der Waals surface area contributed by atoms with Crippen molar-refractivity contribution in [3.05, 3.63) is 18.2 Å². The first-order chi connectivity index (χ1) is 9.90. The number of aromatic amines is 1. The number of hydrogen-bond acceptors (Lipinski definition) is 8. The van der Waals surface area contributed by atoms with Crippen molar-refractivity contribution in [1.29, 1.82) is 0 Å². The summed E-state index contributed by atoms with van der Waals surface area (Å²) in [6, 6.07) is -2.24. The smallest absolute Gasteiger partial charge is 0.372 e. The zero-order valence-corrected chi connectivity index (χ0v) is 11.0. The molecule has 1 aromatic heterocycles. The summed E-state index contributed by atoms with van der Waals surface area (Å²) in [5, 5.41) is 8.44. The number of carbonyl (C=O) groups is 3. The zero-order valence-electron chi connectivity index (χ0n) is 11.0.